The van der Waals surface area contributed by atoms with Crippen LogP contribution in [0.15, 0.2) is 0 Å². The molecule has 7 heteroatoms. The van der Waals surface area contributed by atoms with Crippen LogP contribution in [0.3, 0.4) is 0 Å². The summed E-state index contributed by atoms with van der Waals surface area (Å²) in [6.45, 7) is 7.50. The zero-order chi connectivity index (χ0) is 16.8. The van der Waals surface area contributed by atoms with E-state index in [4.69, 9.17) is 4.74 Å². The lowest BCUT2D eigenvalue weighted by Crippen LogP contribution is -2.49. The summed E-state index contributed by atoms with van der Waals surface area (Å²) < 4.78 is 5.42. The number of piperidine rings is 1. The number of carbonyl (C=O) groups excluding carboxylic acids is 2. The Bertz CT molecular complexity index is 408. The van der Waals surface area contributed by atoms with Crippen LogP contribution in [0, 0.1) is 5.92 Å². The number of ether oxygens (including phenoxy) is 1. The lowest BCUT2D eigenvalue weighted by molar-refractivity contribution is -0.126. The maximum atomic E-state index is 12.3. The van der Waals surface area contributed by atoms with Gasteiger partial charge in [-0.3, -0.25) is 9.69 Å². The highest BCUT2D eigenvalue weighted by molar-refractivity contribution is 5.79. The fourth-order valence-corrected chi connectivity index (χ4v) is 3.18. The van der Waals surface area contributed by atoms with Crippen molar-refractivity contribution in [3.63, 3.8) is 0 Å². The SMILES string of the molecule is CC1COCCN1CCNC(=O)C1CCN(C(=O)N(C)C)CC1. The summed E-state index contributed by atoms with van der Waals surface area (Å²) in [5.74, 6) is 0.159. The Balaban J connectivity index is 1.66. The van der Waals surface area contributed by atoms with Gasteiger partial charge in [-0.2, -0.15) is 0 Å². The van der Waals surface area contributed by atoms with E-state index in [9.17, 15) is 9.59 Å². The molecule has 2 aliphatic heterocycles. The number of rotatable bonds is 4. The number of likely N-dealkylation sites (tertiary alicyclic amines) is 1. The van der Waals surface area contributed by atoms with Crippen molar-refractivity contribution in [2.45, 2.75) is 25.8 Å². The summed E-state index contributed by atoms with van der Waals surface area (Å²) in [7, 11) is 3.52. The van der Waals surface area contributed by atoms with E-state index in [0.29, 0.717) is 25.7 Å². The third kappa shape index (κ3) is 5.07. The molecule has 3 amide bonds. The number of nitrogens with zero attached hydrogens (tertiary/aromatic N) is 3. The van der Waals surface area contributed by atoms with Crippen molar-refractivity contribution in [3.8, 4) is 0 Å². The molecule has 0 aliphatic carbocycles. The summed E-state index contributed by atoms with van der Waals surface area (Å²) in [4.78, 5) is 29.9. The Kier molecular flexibility index (Phi) is 6.65. The fraction of sp³-hybridized carbons (Fsp3) is 0.875. The number of carbonyl (C=O) groups is 2. The number of hydrogen-bond acceptors (Lipinski definition) is 4. The van der Waals surface area contributed by atoms with Gasteiger partial charge in [0, 0.05) is 58.8 Å². The highest BCUT2D eigenvalue weighted by Crippen LogP contribution is 2.18. The largest absolute Gasteiger partial charge is 0.379 e. The van der Waals surface area contributed by atoms with Gasteiger partial charge < -0.3 is 19.9 Å². The highest BCUT2D eigenvalue weighted by Gasteiger charge is 2.28. The lowest BCUT2D eigenvalue weighted by Gasteiger charge is -2.34. The van der Waals surface area contributed by atoms with Gasteiger partial charge in [-0.1, -0.05) is 0 Å². The monoisotopic (exact) mass is 326 g/mol. The number of nitrogens with one attached hydrogen (secondary N) is 1. The summed E-state index contributed by atoms with van der Waals surface area (Å²) in [5, 5.41) is 3.05. The van der Waals surface area contributed by atoms with Gasteiger partial charge in [0.25, 0.3) is 0 Å². The average molecular weight is 326 g/mol. The van der Waals surface area contributed by atoms with Crippen molar-refractivity contribution in [1.29, 1.82) is 0 Å². The van der Waals surface area contributed by atoms with Gasteiger partial charge in [-0.05, 0) is 19.8 Å². The van der Waals surface area contributed by atoms with Gasteiger partial charge in [-0.25, -0.2) is 4.79 Å². The van der Waals surface area contributed by atoms with Crippen molar-refractivity contribution in [2.24, 2.45) is 5.92 Å². The van der Waals surface area contributed by atoms with Crippen LogP contribution in [0.5, 0.6) is 0 Å². The minimum absolute atomic E-state index is 0.0309. The average Bonchev–Trinajstić information content (AvgIpc) is 2.56. The van der Waals surface area contributed by atoms with E-state index in [1.165, 1.54) is 0 Å². The molecule has 2 rings (SSSR count). The number of urea groups is 1. The van der Waals surface area contributed by atoms with Crippen molar-refractivity contribution < 1.29 is 14.3 Å². The Labute approximate surface area is 138 Å². The topological polar surface area (TPSA) is 65.1 Å². The smallest absolute Gasteiger partial charge is 0.319 e. The molecule has 0 radical (unpaired) electrons. The minimum atomic E-state index is 0.0309. The molecule has 0 aromatic heterocycles. The van der Waals surface area contributed by atoms with Crippen LogP contribution >= 0.6 is 0 Å². The third-order valence-corrected chi connectivity index (χ3v) is 4.72. The van der Waals surface area contributed by atoms with E-state index in [1.54, 1.807) is 19.0 Å². The van der Waals surface area contributed by atoms with Gasteiger partial charge in [0.05, 0.1) is 13.2 Å². The molecular weight excluding hydrogens is 296 g/mol. The zero-order valence-electron chi connectivity index (χ0n) is 14.6. The first kappa shape index (κ1) is 18.0. The van der Waals surface area contributed by atoms with Crippen molar-refractivity contribution in [1.82, 2.24) is 20.0 Å². The van der Waals surface area contributed by atoms with Crippen LogP contribution in [-0.4, -0.2) is 92.7 Å². The highest BCUT2D eigenvalue weighted by atomic mass is 16.5. The molecule has 0 saturated carbocycles. The van der Waals surface area contributed by atoms with Gasteiger partial charge in [-0.15, -0.1) is 0 Å². The molecule has 1 atom stereocenters. The molecule has 23 heavy (non-hydrogen) atoms. The first-order valence-corrected chi connectivity index (χ1v) is 8.54. The molecular formula is C16H30N4O3. The Hall–Kier alpha value is -1.34. The molecule has 1 unspecified atom stereocenters. The number of amides is 3. The Morgan fingerprint density at radius 2 is 1.91 bits per heavy atom. The van der Waals surface area contributed by atoms with Gasteiger partial charge in [0.15, 0.2) is 0 Å². The molecule has 0 spiro atoms. The van der Waals surface area contributed by atoms with Crippen molar-refractivity contribution in [2.75, 3.05) is 60.0 Å². The Morgan fingerprint density at radius 1 is 1.22 bits per heavy atom. The second-order valence-electron chi connectivity index (χ2n) is 6.69. The molecule has 2 aliphatic rings. The molecule has 0 bridgehead atoms. The van der Waals surface area contributed by atoms with E-state index in [0.717, 1.165) is 39.1 Å². The maximum Gasteiger partial charge on any atom is 0.319 e. The molecule has 2 saturated heterocycles. The lowest BCUT2D eigenvalue weighted by atomic mass is 9.96. The van der Waals surface area contributed by atoms with Crippen LogP contribution in [-0.2, 0) is 9.53 Å². The Morgan fingerprint density at radius 3 is 2.52 bits per heavy atom. The molecule has 1 N–H and O–H groups in total. The van der Waals surface area contributed by atoms with E-state index in [2.05, 4.69) is 17.1 Å². The van der Waals surface area contributed by atoms with Gasteiger partial charge in [0.2, 0.25) is 5.91 Å². The normalized spacial score (nSPS) is 23.6. The quantitative estimate of drug-likeness (QED) is 0.802. The van der Waals surface area contributed by atoms with Crippen LogP contribution in [0.2, 0.25) is 0 Å². The van der Waals surface area contributed by atoms with Crippen molar-refractivity contribution >= 4 is 11.9 Å². The van der Waals surface area contributed by atoms with Gasteiger partial charge in [0.1, 0.15) is 0 Å². The summed E-state index contributed by atoms with van der Waals surface area (Å²) in [6.07, 6.45) is 1.50. The molecule has 132 valence electrons. The molecule has 2 fully saturated rings. The molecule has 7 nitrogen and oxygen atoms in total. The van der Waals surface area contributed by atoms with Crippen LogP contribution in [0.4, 0.5) is 4.79 Å². The number of hydrogen-bond donors (Lipinski definition) is 1. The standard InChI is InChI=1S/C16H30N4O3/c1-13-12-23-11-10-19(13)9-6-17-15(21)14-4-7-20(8-5-14)16(22)18(2)3/h13-14H,4-12H2,1-3H3,(H,17,21). The molecule has 2 heterocycles. The summed E-state index contributed by atoms with van der Waals surface area (Å²) >= 11 is 0. The maximum absolute atomic E-state index is 12.3. The third-order valence-electron chi connectivity index (χ3n) is 4.72. The second kappa shape index (κ2) is 8.49. The zero-order valence-corrected chi connectivity index (χ0v) is 14.6. The van der Waals surface area contributed by atoms with Gasteiger partial charge >= 0.3 is 6.03 Å². The molecule has 0 aromatic carbocycles. The second-order valence-corrected chi connectivity index (χ2v) is 6.69. The fourth-order valence-electron chi connectivity index (χ4n) is 3.18. The number of morpholine rings is 1. The van der Waals surface area contributed by atoms with Crippen LogP contribution in [0.1, 0.15) is 19.8 Å². The predicted molar refractivity (Wildman–Crippen MR) is 88.2 cm³/mol. The molecule has 0 aromatic rings. The minimum Gasteiger partial charge on any atom is -0.379 e. The van der Waals surface area contributed by atoms with Crippen molar-refractivity contribution in [3.05, 3.63) is 0 Å². The van der Waals surface area contributed by atoms with E-state index >= 15 is 0 Å². The first-order chi connectivity index (χ1) is 11.0. The van der Waals surface area contributed by atoms with E-state index in [1.807, 2.05) is 4.90 Å². The summed E-state index contributed by atoms with van der Waals surface area (Å²) in [6, 6.07) is 0.450. The summed E-state index contributed by atoms with van der Waals surface area (Å²) in [5.41, 5.74) is 0. The predicted octanol–water partition coefficient (Wildman–Crippen LogP) is 0.217. The first-order valence-electron chi connectivity index (χ1n) is 8.54. The van der Waals surface area contributed by atoms with E-state index in [-0.39, 0.29) is 17.9 Å². The van der Waals surface area contributed by atoms with Crippen LogP contribution < -0.4 is 5.32 Å². The van der Waals surface area contributed by atoms with E-state index < -0.39 is 0 Å². The van der Waals surface area contributed by atoms with Crippen LogP contribution in [0.25, 0.3) is 0 Å².